The third-order valence-electron chi connectivity index (χ3n) is 3.39. The molecule has 0 saturated carbocycles. The molecule has 0 aliphatic carbocycles. The van der Waals surface area contributed by atoms with Crippen molar-refractivity contribution in [2.45, 2.75) is 25.4 Å². The molecule has 2 aromatic carbocycles. The van der Waals surface area contributed by atoms with E-state index in [9.17, 15) is 9.50 Å². The van der Waals surface area contributed by atoms with Gasteiger partial charge in [-0.25, -0.2) is 4.39 Å². The molecule has 0 saturated heterocycles. The van der Waals surface area contributed by atoms with Crippen LogP contribution < -0.4 is 0 Å². The topological polar surface area (TPSA) is 20.2 Å². The number of benzene rings is 2. The fourth-order valence-corrected chi connectivity index (χ4v) is 2.32. The molecule has 1 atom stereocenters. The summed E-state index contributed by atoms with van der Waals surface area (Å²) in [4.78, 5) is 0. The van der Waals surface area contributed by atoms with Gasteiger partial charge in [0.15, 0.2) is 0 Å². The van der Waals surface area contributed by atoms with Crippen LogP contribution in [0.1, 0.15) is 24.5 Å². The molecule has 0 amide bonds. The Morgan fingerprint density at radius 3 is 2.42 bits per heavy atom. The Bertz CT molecular complexity index is 556. The summed E-state index contributed by atoms with van der Waals surface area (Å²) < 4.78 is 13.8. The van der Waals surface area contributed by atoms with Crippen molar-refractivity contribution < 1.29 is 9.50 Å². The molecule has 3 heteroatoms. The first-order chi connectivity index (χ1) is 9.05. The molecule has 0 spiro atoms. The molecule has 0 aliphatic heterocycles. The van der Waals surface area contributed by atoms with E-state index >= 15 is 0 Å². The maximum absolute atomic E-state index is 13.8. The second-order valence-electron chi connectivity index (χ2n) is 4.66. The molecule has 0 aromatic heterocycles. The van der Waals surface area contributed by atoms with Gasteiger partial charge in [0.05, 0.1) is 5.60 Å². The SMILES string of the molecule is CCC(O)(Cc1ccc(Cl)cc1F)c1ccccc1. The lowest BCUT2D eigenvalue weighted by molar-refractivity contribution is 0.0319. The third-order valence-corrected chi connectivity index (χ3v) is 3.63. The van der Waals surface area contributed by atoms with Crippen molar-refractivity contribution in [2.75, 3.05) is 0 Å². The van der Waals surface area contributed by atoms with E-state index in [1.807, 2.05) is 37.3 Å². The summed E-state index contributed by atoms with van der Waals surface area (Å²) >= 11 is 5.74. The molecule has 1 nitrogen and oxygen atoms in total. The Kier molecular flexibility index (Phi) is 4.23. The van der Waals surface area contributed by atoms with E-state index in [1.54, 1.807) is 12.1 Å². The van der Waals surface area contributed by atoms with Gasteiger partial charge < -0.3 is 5.11 Å². The summed E-state index contributed by atoms with van der Waals surface area (Å²) in [6.45, 7) is 1.89. The number of hydrogen-bond acceptors (Lipinski definition) is 1. The van der Waals surface area contributed by atoms with Gasteiger partial charge in [-0.1, -0.05) is 54.9 Å². The molecule has 0 aliphatic rings. The first kappa shape index (κ1) is 14.0. The van der Waals surface area contributed by atoms with Gasteiger partial charge in [0.25, 0.3) is 0 Å². The Balaban J connectivity index is 2.33. The smallest absolute Gasteiger partial charge is 0.127 e. The van der Waals surface area contributed by atoms with Gasteiger partial charge in [0.2, 0.25) is 0 Å². The van der Waals surface area contributed by atoms with Crippen LogP contribution in [0.25, 0.3) is 0 Å². The molecule has 100 valence electrons. The molecule has 2 aromatic rings. The van der Waals surface area contributed by atoms with E-state index in [0.29, 0.717) is 17.0 Å². The van der Waals surface area contributed by atoms with Gasteiger partial charge in [-0.2, -0.15) is 0 Å². The Morgan fingerprint density at radius 1 is 1.16 bits per heavy atom. The van der Waals surface area contributed by atoms with Crippen molar-refractivity contribution in [3.8, 4) is 0 Å². The van der Waals surface area contributed by atoms with Gasteiger partial charge in [-0.15, -0.1) is 0 Å². The predicted octanol–water partition coefficient (Wildman–Crippen LogP) is 4.32. The average Bonchev–Trinajstić information content (AvgIpc) is 2.43. The van der Waals surface area contributed by atoms with Crippen molar-refractivity contribution >= 4 is 11.6 Å². The molecule has 0 heterocycles. The van der Waals surface area contributed by atoms with Crippen LogP contribution in [0.2, 0.25) is 5.02 Å². The van der Waals surface area contributed by atoms with E-state index in [4.69, 9.17) is 11.6 Å². The molecule has 0 bridgehead atoms. The maximum atomic E-state index is 13.8. The molecule has 0 fully saturated rings. The standard InChI is InChI=1S/C16H16ClFO/c1-2-16(19,13-6-4-3-5-7-13)11-12-8-9-14(17)10-15(12)18/h3-10,19H,2,11H2,1H3. The monoisotopic (exact) mass is 278 g/mol. The molecule has 1 N–H and O–H groups in total. The quantitative estimate of drug-likeness (QED) is 0.883. The van der Waals surface area contributed by atoms with Crippen molar-refractivity contribution in [3.05, 3.63) is 70.5 Å². The van der Waals surface area contributed by atoms with Gasteiger partial charge in [-0.05, 0) is 29.7 Å². The van der Waals surface area contributed by atoms with Gasteiger partial charge >= 0.3 is 0 Å². The zero-order valence-corrected chi connectivity index (χ0v) is 11.5. The molecule has 1 unspecified atom stereocenters. The highest BCUT2D eigenvalue weighted by Gasteiger charge is 2.28. The Labute approximate surface area is 117 Å². The summed E-state index contributed by atoms with van der Waals surface area (Å²) in [6, 6.07) is 13.9. The molecule has 19 heavy (non-hydrogen) atoms. The highest BCUT2D eigenvalue weighted by Crippen LogP contribution is 2.30. The third kappa shape index (κ3) is 3.14. The van der Waals surface area contributed by atoms with Gasteiger partial charge in [0, 0.05) is 11.4 Å². The van der Waals surface area contributed by atoms with E-state index < -0.39 is 5.60 Å². The lowest BCUT2D eigenvalue weighted by Crippen LogP contribution is -2.28. The summed E-state index contributed by atoms with van der Waals surface area (Å²) in [7, 11) is 0. The fourth-order valence-electron chi connectivity index (χ4n) is 2.16. The first-order valence-corrected chi connectivity index (χ1v) is 6.65. The second-order valence-corrected chi connectivity index (χ2v) is 5.10. The van der Waals surface area contributed by atoms with Crippen LogP contribution in [-0.2, 0) is 12.0 Å². The van der Waals surface area contributed by atoms with Crippen molar-refractivity contribution in [1.82, 2.24) is 0 Å². The van der Waals surface area contributed by atoms with Gasteiger partial charge in [-0.3, -0.25) is 0 Å². The molecule has 0 radical (unpaired) electrons. The number of aliphatic hydroxyl groups is 1. The van der Waals surface area contributed by atoms with E-state index in [0.717, 1.165) is 5.56 Å². The molecular weight excluding hydrogens is 263 g/mol. The minimum atomic E-state index is -1.06. The van der Waals surface area contributed by atoms with Gasteiger partial charge in [0.1, 0.15) is 5.82 Å². The fraction of sp³-hybridized carbons (Fsp3) is 0.250. The zero-order chi connectivity index (χ0) is 13.9. The molecular formula is C16H16ClFO. The van der Waals surface area contributed by atoms with Crippen molar-refractivity contribution in [1.29, 1.82) is 0 Å². The van der Waals surface area contributed by atoms with Crippen LogP contribution in [0.15, 0.2) is 48.5 Å². The second kappa shape index (κ2) is 5.72. The number of hydrogen-bond donors (Lipinski definition) is 1. The normalized spacial score (nSPS) is 14.1. The van der Waals surface area contributed by atoms with Crippen LogP contribution in [-0.4, -0.2) is 5.11 Å². The largest absolute Gasteiger partial charge is 0.385 e. The van der Waals surface area contributed by atoms with Crippen LogP contribution in [0.5, 0.6) is 0 Å². The lowest BCUT2D eigenvalue weighted by atomic mass is 9.85. The van der Waals surface area contributed by atoms with Crippen LogP contribution in [0.3, 0.4) is 0 Å². The van der Waals surface area contributed by atoms with Crippen LogP contribution >= 0.6 is 11.6 Å². The zero-order valence-electron chi connectivity index (χ0n) is 10.7. The van der Waals surface area contributed by atoms with E-state index in [-0.39, 0.29) is 12.2 Å². The Morgan fingerprint density at radius 2 is 1.84 bits per heavy atom. The summed E-state index contributed by atoms with van der Waals surface area (Å²) in [5, 5.41) is 11.1. The maximum Gasteiger partial charge on any atom is 0.127 e. The number of halogens is 2. The highest BCUT2D eigenvalue weighted by atomic mass is 35.5. The lowest BCUT2D eigenvalue weighted by Gasteiger charge is -2.27. The number of rotatable bonds is 4. The summed E-state index contributed by atoms with van der Waals surface area (Å²) in [6.07, 6.45) is 0.746. The summed E-state index contributed by atoms with van der Waals surface area (Å²) in [5.41, 5.74) is 0.208. The van der Waals surface area contributed by atoms with Crippen molar-refractivity contribution in [2.24, 2.45) is 0 Å². The van der Waals surface area contributed by atoms with Crippen LogP contribution in [0.4, 0.5) is 4.39 Å². The van der Waals surface area contributed by atoms with E-state index in [1.165, 1.54) is 6.07 Å². The minimum absolute atomic E-state index is 0.233. The van der Waals surface area contributed by atoms with Crippen LogP contribution in [0, 0.1) is 5.82 Å². The average molecular weight is 279 g/mol. The molecule has 2 rings (SSSR count). The minimum Gasteiger partial charge on any atom is -0.385 e. The highest BCUT2D eigenvalue weighted by molar-refractivity contribution is 6.30. The first-order valence-electron chi connectivity index (χ1n) is 6.27. The predicted molar refractivity (Wildman–Crippen MR) is 75.7 cm³/mol. The Hall–Kier alpha value is -1.38. The van der Waals surface area contributed by atoms with Crippen molar-refractivity contribution in [3.63, 3.8) is 0 Å². The van der Waals surface area contributed by atoms with E-state index in [2.05, 4.69) is 0 Å². The summed E-state index contributed by atoms with van der Waals surface area (Å²) in [5.74, 6) is -0.379.